The van der Waals surface area contributed by atoms with Gasteiger partial charge in [0.2, 0.25) is 0 Å². The van der Waals surface area contributed by atoms with Gasteiger partial charge in [0.1, 0.15) is 15.3 Å². The largest absolute Gasteiger partial charge is 0.428 e. The summed E-state index contributed by atoms with van der Waals surface area (Å²) in [7, 11) is 0. The fourth-order valence-electron chi connectivity index (χ4n) is 1.02. The number of pyridine rings is 1. The molecule has 0 amide bonds. The average molecular weight is 347 g/mol. The molecule has 0 bridgehead atoms. The van der Waals surface area contributed by atoms with Crippen molar-refractivity contribution in [2.45, 2.75) is 19.8 Å². The van der Waals surface area contributed by atoms with Crippen LogP contribution in [0.25, 0.3) is 0 Å². The number of halogens is 1. The standard InChI is InChI=1S/C10H10IN3OS/c1-6(2)9-13-10(16-14-9)15-7-3-4-8(11)12-5-7/h3-6H,1-2H3. The van der Waals surface area contributed by atoms with Crippen molar-refractivity contribution >= 4 is 34.1 Å². The Balaban J connectivity index is 2.11. The molecule has 0 unspecified atom stereocenters. The molecule has 2 rings (SSSR count). The van der Waals surface area contributed by atoms with Gasteiger partial charge in [0.15, 0.2) is 0 Å². The molecular weight excluding hydrogens is 337 g/mol. The van der Waals surface area contributed by atoms with Crippen molar-refractivity contribution in [3.05, 3.63) is 27.9 Å². The summed E-state index contributed by atoms with van der Waals surface area (Å²) >= 11 is 3.41. The molecule has 0 N–H and O–H groups in total. The number of aromatic nitrogens is 3. The predicted molar refractivity (Wildman–Crippen MR) is 71.0 cm³/mol. The summed E-state index contributed by atoms with van der Waals surface area (Å²) in [6.45, 7) is 4.11. The van der Waals surface area contributed by atoms with Gasteiger partial charge in [-0.25, -0.2) is 4.98 Å². The first-order valence-corrected chi connectivity index (χ1v) is 6.63. The smallest absolute Gasteiger partial charge is 0.298 e. The normalized spacial score (nSPS) is 10.8. The summed E-state index contributed by atoms with van der Waals surface area (Å²) < 4.78 is 10.7. The molecule has 0 saturated heterocycles. The maximum absolute atomic E-state index is 5.54. The summed E-state index contributed by atoms with van der Waals surface area (Å²) in [4.78, 5) is 8.42. The second kappa shape index (κ2) is 5.05. The topological polar surface area (TPSA) is 47.9 Å². The van der Waals surface area contributed by atoms with Crippen molar-refractivity contribution in [3.63, 3.8) is 0 Å². The third-order valence-electron chi connectivity index (χ3n) is 1.84. The highest BCUT2D eigenvalue weighted by atomic mass is 127. The van der Waals surface area contributed by atoms with Gasteiger partial charge in [0.25, 0.3) is 5.19 Å². The van der Waals surface area contributed by atoms with E-state index in [0.29, 0.717) is 16.9 Å². The van der Waals surface area contributed by atoms with E-state index in [1.807, 2.05) is 12.1 Å². The Labute approximate surface area is 111 Å². The van der Waals surface area contributed by atoms with Gasteiger partial charge in [-0.1, -0.05) is 13.8 Å². The van der Waals surface area contributed by atoms with Gasteiger partial charge in [0.05, 0.1) is 6.20 Å². The van der Waals surface area contributed by atoms with Gasteiger partial charge in [-0.15, -0.1) is 0 Å². The summed E-state index contributed by atoms with van der Waals surface area (Å²) in [6, 6.07) is 3.76. The van der Waals surface area contributed by atoms with Crippen LogP contribution in [0.3, 0.4) is 0 Å². The highest BCUT2D eigenvalue weighted by molar-refractivity contribution is 14.1. The van der Waals surface area contributed by atoms with Crippen molar-refractivity contribution in [1.29, 1.82) is 0 Å². The Hall–Kier alpha value is -0.760. The fraction of sp³-hybridized carbons (Fsp3) is 0.300. The molecule has 0 fully saturated rings. The zero-order chi connectivity index (χ0) is 11.5. The average Bonchev–Trinajstić information content (AvgIpc) is 2.70. The molecule has 0 radical (unpaired) electrons. The van der Waals surface area contributed by atoms with Gasteiger partial charge in [-0.05, 0) is 34.7 Å². The van der Waals surface area contributed by atoms with Gasteiger partial charge < -0.3 is 4.74 Å². The van der Waals surface area contributed by atoms with Crippen molar-refractivity contribution in [2.24, 2.45) is 0 Å². The SMILES string of the molecule is CC(C)c1nsc(Oc2ccc(I)nc2)n1. The van der Waals surface area contributed by atoms with E-state index in [4.69, 9.17) is 4.74 Å². The van der Waals surface area contributed by atoms with Crippen LogP contribution in [-0.4, -0.2) is 14.3 Å². The van der Waals surface area contributed by atoms with Gasteiger partial charge in [0, 0.05) is 17.5 Å². The summed E-state index contributed by atoms with van der Waals surface area (Å²) in [6.07, 6.45) is 1.68. The maximum Gasteiger partial charge on any atom is 0.298 e. The number of hydrogen-bond donors (Lipinski definition) is 0. The summed E-state index contributed by atoms with van der Waals surface area (Å²) in [5, 5.41) is 0.562. The van der Waals surface area contributed by atoms with Crippen molar-refractivity contribution < 1.29 is 4.74 Å². The minimum atomic E-state index is 0.323. The highest BCUT2D eigenvalue weighted by Gasteiger charge is 2.09. The van der Waals surface area contributed by atoms with Crippen molar-refractivity contribution in [3.8, 4) is 10.9 Å². The lowest BCUT2D eigenvalue weighted by Crippen LogP contribution is -1.90. The minimum absolute atomic E-state index is 0.323. The molecule has 0 saturated carbocycles. The van der Waals surface area contributed by atoms with Crippen LogP contribution in [0.4, 0.5) is 0 Å². The molecule has 4 nitrogen and oxygen atoms in total. The first-order valence-electron chi connectivity index (χ1n) is 4.78. The van der Waals surface area contributed by atoms with Gasteiger partial charge in [-0.3, -0.25) is 0 Å². The van der Waals surface area contributed by atoms with Crippen LogP contribution in [0, 0.1) is 3.70 Å². The Kier molecular flexibility index (Phi) is 3.70. The van der Waals surface area contributed by atoms with E-state index in [9.17, 15) is 0 Å². The van der Waals surface area contributed by atoms with Crippen LogP contribution in [0.1, 0.15) is 25.6 Å². The van der Waals surface area contributed by atoms with E-state index in [2.05, 4.69) is 50.8 Å². The first kappa shape index (κ1) is 11.7. The van der Waals surface area contributed by atoms with Crippen LogP contribution in [-0.2, 0) is 0 Å². The Bertz CT molecular complexity index is 469. The van der Waals surface area contributed by atoms with Crippen LogP contribution in [0.5, 0.6) is 10.9 Å². The first-order chi connectivity index (χ1) is 7.65. The Morgan fingerprint density at radius 1 is 1.38 bits per heavy atom. The lowest BCUT2D eigenvalue weighted by molar-refractivity contribution is 0.473. The molecule has 2 heterocycles. The number of nitrogens with zero attached hydrogens (tertiary/aromatic N) is 3. The molecular formula is C10H10IN3OS. The van der Waals surface area contributed by atoms with Crippen molar-refractivity contribution in [1.82, 2.24) is 14.3 Å². The molecule has 6 heteroatoms. The second-order valence-electron chi connectivity index (χ2n) is 3.49. The third kappa shape index (κ3) is 2.88. The lowest BCUT2D eigenvalue weighted by atomic mass is 10.2. The maximum atomic E-state index is 5.54. The summed E-state index contributed by atoms with van der Waals surface area (Å²) in [5.74, 6) is 1.83. The van der Waals surface area contributed by atoms with Crippen LogP contribution >= 0.6 is 34.1 Å². The molecule has 0 aromatic carbocycles. The monoisotopic (exact) mass is 347 g/mol. The van der Waals surface area contributed by atoms with Gasteiger partial charge >= 0.3 is 0 Å². The number of ether oxygens (including phenoxy) is 1. The highest BCUT2D eigenvalue weighted by Crippen LogP contribution is 2.24. The Morgan fingerprint density at radius 2 is 2.19 bits per heavy atom. The predicted octanol–water partition coefficient (Wildman–Crippen LogP) is 3.45. The molecule has 2 aromatic rings. The van der Waals surface area contributed by atoms with E-state index in [0.717, 1.165) is 9.53 Å². The van der Waals surface area contributed by atoms with E-state index < -0.39 is 0 Å². The molecule has 0 spiro atoms. The fourth-order valence-corrected chi connectivity index (χ4v) is 2.03. The molecule has 0 atom stereocenters. The van der Waals surface area contributed by atoms with E-state index in [1.54, 1.807) is 6.20 Å². The van der Waals surface area contributed by atoms with E-state index in [1.165, 1.54) is 11.5 Å². The zero-order valence-electron chi connectivity index (χ0n) is 8.85. The molecule has 84 valence electrons. The lowest BCUT2D eigenvalue weighted by Gasteiger charge is -1.99. The van der Waals surface area contributed by atoms with E-state index in [-0.39, 0.29) is 0 Å². The Morgan fingerprint density at radius 3 is 2.75 bits per heavy atom. The number of hydrogen-bond acceptors (Lipinski definition) is 5. The van der Waals surface area contributed by atoms with Crippen molar-refractivity contribution in [2.75, 3.05) is 0 Å². The van der Waals surface area contributed by atoms with Gasteiger partial charge in [-0.2, -0.15) is 9.36 Å². The molecule has 0 aliphatic heterocycles. The van der Waals surface area contributed by atoms with Crippen LogP contribution in [0.2, 0.25) is 0 Å². The molecule has 2 aromatic heterocycles. The van der Waals surface area contributed by atoms with Crippen LogP contribution in [0.15, 0.2) is 18.3 Å². The van der Waals surface area contributed by atoms with E-state index >= 15 is 0 Å². The zero-order valence-corrected chi connectivity index (χ0v) is 11.8. The second-order valence-corrected chi connectivity index (χ2v) is 5.31. The quantitative estimate of drug-likeness (QED) is 0.630. The molecule has 16 heavy (non-hydrogen) atoms. The summed E-state index contributed by atoms with van der Waals surface area (Å²) in [5.41, 5.74) is 0. The minimum Gasteiger partial charge on any atom is -0.428 e. The number of rotatable bonds is 3. The van der Waals surface area contributed by atoms with Crippen LogP contribution < -0.4 is 4.74 Å². The molecule has 0 aliphatic carbocycles. The molecule has 0 aliphatic rings. The third-order valence-corrected chi connectivity index (χ3v) is 3.09.